The van der Waals surface area contributed by atoms with E-state index in [1.54, 1.807) is 4.90 Å². The van der Waals surface area contributed by atoms with Gasteiger partial charge >= 0.3 is 0 Å². The Hall–Kier alpha value is -1.55. The number of rotatable bonds is 4. The molecule has 0 saturated carbocycles. The Bertz CT molecular complexity index is 459. The molecule has 19 heavy (non-hydrogen) atoms. The van der Waals surface area contributed by atoms with Gasteiger partial charge < -0.3 is 15.3 Å². The van der Waals surface area contributed by atoms with E-state index in [0.717, 1.165) is 24.2 Å². The number of β-amino-alcohol motifs (C(OH)–C–C–N with tert-alkyl or cyclic N) is 1. The minimum absolute atomic E-state index is 0.0128. The van der Waals surface area contributed by atoms with Crippen molar-refractivity contribution in [1.82, 2.24) is 4.90 Å². The number of aliphatic hydroxyl groups excluding tert-OH is 1. The van der Waals surface area contributed by atoms with Gasteiger partial charge in [0.25, 0.3) is 5.91 Å². The highest BCUT2D eigenvalue weighted by molar-refractivity contribution is 6.00. The number of carbonyl (C=O) groups excluding carboxylic acids is 1. The monoisotopic (exact) mass is 262 g/mol. The first-order chi connectivity index (χ1) is 9.11. The molecule has 1 aliphatic heterocycles. The maximum Gasteiger partial charge on any atom is 0.256 e. The molecule has 1 atom stereocenters. The number of hydrogen-bond acceptors (Lipinski definition) is 3. The highest BCUT2D eigenvalue weighted by Crippen LogP contribution is 2.21. The normalized spacial score (nSPS) is 18.7. The van der Waals surface area contributed by atoms with Crippen molar-refractivity contribution in [3.05, 3.63) is 29.3 Å². The van der Waals surface area contributed by atoms with E-state index < -0.39 is 0 Å². The molecule has 0 bridgehead atoms. The number of anilines is 1. The van der Waals surface area contributed by atoms with Crippen LogP contribution in [0.2, 0.25) is 0 Å². The average molecular weight is 262 g/mol. The smallest absolute Gasteiger partial charge is 0.256 e. The summed E-state index contributed by atoms with van der Waals surface area (Å²) in [6, 6.07) is 5.89. The van der Waals surface area contributed by atoms with Crippen molar-refractivity contribution in [2.24, 2.45) is 0 Å². The summed E-state index contributed by atoms with van der Waals surface area (Å²) in [5.41, 5.74) is 2.67. The minimum atomic E-state index is -0.374. The fourth-order valence-corrected chi connectivity index (χ4v) is 2.35. The standard InChI is InChI=1S/C15H22N2O2/c1-3-7-16-14-5-4-11(2)9-13(14)15(19)17-8-6-12(18)10-17/h4-5,9,12,16,18H,3,6-8,10H2,1-2H3. The zero-order valence-electron chi connectivity index (χ0n) is 11.6. The number of nitrogens with one attached hydrogen (secondary N) is 1. The third kappa shape index (κ3) is 3.26. The lowest BCUT2D eigenvalue weighted by Crippen LogP contribution is -2.30. The number of amides is 1. The molecule has 104 valence electrons. The second-order valence-electron chi connectivity index (χ2n) is 5.17. The maximum absolute atomic E-state index is 12.5. The first-order valence-corrected chi connectivity index (χ1v) is 6.93. The second kappa shape index (κ2) is 6.06. The number of aryl methyl sites for hydroxylation is 1. The van der Waals surface area contributed by atoms with Gasteiger partial charge in [-0.3, -0.25) is 4.79 Å². The lowest BCUT2D eigenvalue weighted by atomic mass is 10.1. The molecule has 4 heteroatoms. The van der Waals surface area contributed by atoms with Crippen LogP contribution in [0.4, 0.5) is 5.69 Å². The van der Waals surface area contributed by atoms with Crippen LogP contribution in [0.3, 0.4) is 0 Å². The van der Waals surface area contributed by atoms with E-state index in [-0.39, 0.29) is 12.0 Å². The van der Waals surface area contributed by atoms with Crippen LogP contribution in [-0.4, -0.2) is 41.7 Å². The van der Waals surface area contributed by atoms with Gasteiger partial charge in [0.05, 0.1) is 11.7 Å². The van der Waals surface area contributed by atoms with Crippen LogP contribution in [-0.2, 0) is 0 Å². The van der Waals surface area contributed by atoms with Gasteiger partial charge in [0.1, 0.15) is 0 Å². The first kappa shape index (κ1) is 13.9. The Morgan fingerprint density at radius 3 is 2.95 bits per heavy atom. The molecule has 1 aromatic carbocycles. The number of carbonyl (C=O) groups is 1. The summed E-state index contributed by atoms with van der Waals surface area (Å²) in [4.78, 5) is 14.2. The molecule has 0 spiro atoms. The molecule has 1 unspecified atom stereocenters. The van der Waals surface area contributed by atoms with Crippen molar-refractivity contribution in [2.45, 2.75) is 32.8 Å². The van der Waals surface area contributed by atoms with E-state index in [9.17, 15) is 9.90 Å². The molecule has 1 saturated heterocycles. The Labute approximate surface area is 114 Å². The minimum Gasteiger partial charge on any atom is -0.391 e. The summed E-state index contributed by atoms with van der Waals surface area (Å²) in [6.07, 6.45) is 1.32. The topological polar surface area (TPSA) is 52.6 Å². The maximum atomic E-state index is 12.5. The van der Waals surface area contributed by atoms with Crippen LogP contribution in [0.1, 0.15) is 35.7 Å². The third-order valence-corrected chi connectivity index (χ3v) is 3.42. The van der Waals surface area contributed by atoms with Gasteiger partial charge in [-0.25, -0.2) is 0 Å². The second-order valence-corrected chi connectivity index (χ2v) is 5.17. The summed E-state index contributed by atoms with van der Waals surface area (Å²) >= 11 is 0. The van der Waals surface area contributed by atoms with Gasteiger partial charge in [0.15, 0.2) is 0 Å². The summed E-state index contributed by atoms with van der Waals surface area (Å²) in [5, 5.41) is 12.8. The molecule has 1 fully saturated rings. The molecule has 0 aliphatic carbocycles. The van der Waals surface area contributed by atoms with Crippen LogP contribution in [0, 0.1) is 6.92 Å². The summed E-state index contributed by atoms with van der Waals surface area (Å²) < 4.78 is 0. The van der Waals surface area contributed by atoms with Gasteiger partial charge in [-0.05, 0) is 31.9 Å². The molecular weight excluding hydrogens is 240 g/mol. The van der Waals surface area contributed by atoms with Crippen LogP contribution in [0.5, 0.6) is 0 Å². The van der Waals surface area contributed by atoms with E-state index in [2.05, 4.69) is 12.2 Å². The van der Waals surface area contributed by atoms with Crippen molar-refractivity contribution in [2.75, 3.05) is 25.0 Å². The summed E-state index contributed by atoms with van der Waals surface area (Å²) in [6.45, 7) is 6.02. The van der Waals surface area contributed by atoms with Crippen LogP contribution in [0.15, 0.2) is 18.2 Å². The van der Waals surface area contributed by atoms with E-state index in [0.29, 0.717) is 25.1 Å². The Balaban J connectivity index is 2.21. The molecule has 2 N–H and O–H groups in total. The van der Waals surface area contributed by atoms with Gasteiger partial charge in [0, 0.05) is 25.3 Å². The van der Waals surface area contributed by atoms with Crippen molar-refractivity contribution < 1.29 is 9.90 Å². The Kier molecular flexibility index (Phi) is 4.43. The zero-order chi connectivity index (χ0) is 13.8. The molecule has 2 rings (SSSR count). The van der Waals surface area contributed by atoms with Crippen LogP contribution < -0.4 is 5.32 Å². The predicted molar refractivity (Wildman–Crippen MR) is 76.5 cm³/mol. The van der Waals surface area contributed by atoms with Crippen LogP contribution >= 0.6 is 0 Å². The number of aliphatic hydroxyl groups is 1. The van der Waals surface area contributed by atoms with Gasteiger partial charge in [-0.1, -0.05) is 18.6 Å². The lowest BCUT2D eigenvalue weighted by molar-refractivity contribution is 0.0766. The van der Waals surface area contributed by atoms with E-state index in [1.807, 2.05) is 25.1 Å². The van der Waals surface area contributed by atoms with Gasteiger partial charge in [0.2, 0.25) is 0 Å². The first-order valence-electron chi connectivity index (χ1n) is 6.93. The molecule has 0 radical (unpaired) electrons. The number of benzene rings is 1. The van der Waals surface area contributed by atoms with E-state index in [1.165, 1.54) is 0 Å². The fourth-order valence-electron chi connectivity index (χ4n) is 2.35. The predicted octanol–water partition coefficient (Wildman–Crippen LogP) is 2.02. The lowest BCUT2D eigenvalue weighted by Gasteiger charge is -2.19. The third-order valence-electron chi connectivity index (χ3n) is 3.42. The quantitative estimate of drug-likeness (QED) is 0.873. The number of nitrogens with zero attached hydrogens (tertiary/aromatic N) is 1. The zero-order valence-corrected chi connectivity index (χ0v) is 11.6. The molecule has 1 aliphatic rings. The largest absolute Gasteiger partial charge is 0.391 e. The molecular formula is C15H22N2O2. The highest BCUT2D eigenvalue weighted by atomic mass is 16.3. The van der Waals surface area contributed by atoms with Crippen molar-refractivity contribution >= 4 is 11.6 Å². The highest BCUT2D eigenvalue weighted by Gasteiger charge is 2.26. The molecule has 1 aromatic rings. The summed E-state index contributed by atoms with van der Waals surface area (Å²) in [7, 11) is 0. The SMILES string of the molecule is CCCNc1ccc(C)cc1C(=O)N1CCC(O)C1. The molecule has 1 amide bonds. The Morgan fingerprint density at radius 2 is 2.32 bits per heavy atom. The van der Waals surface area contributed by atoms with Crippen molar-refractivity contribution in [1.29, 1.82) is 0 Å². The average Bonchev–Trinajstić information content (AvgIpc) is 2.83. The molecule has 0 aromatic heterocycles. The van der Waals surface area contributed by atoms with Gasteiger partial charge in [-0.15, -0.1) is 0 Å². The Morgan fingerprint density at radius 1 is 1.53 bits per heavy atom. The summed E-state index contributed by atoms with van der Waals surface area (Å²) in [5.74, 6) is 0.0128. The number of likely N-dealkylation sites (tertiary alicyclic amines) is 1. The molecule has 1 heterocycles. The van der Waals surface area contributed by atoms with Crippen molar-refractivity contribution in [3.63, 3.8) is 0 Å². The van der Waals surface area contributed by atoms with E-state index >= 15 is 0 Å². The van der Waals surface area contributed by atoms with Gasteiger partial charge in [-0.2, -0.15) is 0 Å². The van der Waals surface area contributed by atoms with Crippen molar-refractivity contribution in [3.8, 4) is 0 Å². The molecule has 4 nitrogen and oxygen atoms in total. The van der Waals surface area contributed by atoms with E-state index in [4.69, 9.17) is 0 Å². The number of hydrogen-bond donors (Lipinski definition) is 2. The van der Waals surface area contributed by atoms with Crippen LogP contribution in [0.25, 0.3) is 0 Å². The fraction of sp³-hybridized carbons (Fsp3) is 0.533.